The van der Waals surface area contributed by atoms with Crippen LogP contribution in [0.1, 0.15) is 12.0 Å². The number of rotatable bonds is 2. The van der Waals surface area contributed by atoms with Crippen molar-refractivity contribution in [1.29, 1.82) is 0 Å². The van der Waals surface area contributed by atoms with Gasteiger partial charge in [0.25, 0.3) is 0 Å². The lowest BCUT2D eigenvalue weighted by atomic mass is 9.70. The maximum absolute atomic E-state index is 11.8. The summed E-state index contributed by atoms with van der Waals surface area (Å²) in [6, 6.07) is 9.60. The van der Waals surface area contributed by atoms with Crippen molar-refractivity contribution >= 4 is 11.9 Å². The molecule has 2 aliphatic heterocycles. The first-order valence-corrected chi connectivity index (χ1v) is 6.23. The van der Waals surface area contributed by atoms with Crippen LogP contribution >= 0.6 is 0 Å². The van der Waals surface area contributed by atoms with E-state index in [0.717, 1.165) is 12.0 Å². The van der Waals surface area contributed by atoms with E-state index in [1.165, 1.54) is 0 Å². The van der Waals surface area contributed by atoms with Crippen LogP contribution in [0, 0.1) is 11.8 Å². The van der Waals surface area contributed by atoms with Crippen LogP contribution in [0.2, 0.25) is 0 Å². The zero-order valence-electron chi connectivity index (χ0n) is 10.0. The number of carbonyl (C=O) groups is 2. The number of nitrogens with zero attached hydrogens (tertiary/aromatic N) is 1. The second-order valence-corrected chi connectivity index (χ2v) is 4.98. The predicted molar refractivity (Wildman–Crippen MR) is 64.8 cm³/mol. The lowest BCUT2D eigenvalue weighted by Gasteiger charge is -2.44. The summed E-state index contributed by atoms with van der Waals surface area (Å²) in [5, 5.41) is 0. The van der Waals surface area contributed by atoms with Crippen molar-refractivity contribution in [3.63, 3.8) is 0 Å². The lowest BCUT2D eigenvalue weighted by Crippen LogP contribution is -2.57. The number of benzene rings is 1. The number of Topliss-reactive ketones (excluding diaryl/α,β-unsaturated/α-hetero) is 1. The average Bonchev–Trinajstić information content (AvgIpc) is 2.45. The number of amides is 1. The Bertz CT molecular complexity index is 457. The summed E-state index contributed by atoms with van der Waals surface area (Å²) in [7, 11) is 0. The van der Waals surface area contributed by atoms with Crippen LogP contribution in [-0.4, -0.2) is 29.9 Å². The smallest absolute Gasteiger partial charge is 0.410 e. The van der Waals surface area contributed by atoms with Crippen molar-refractivity contribution < 1.29 is 14.3 Å². The fourth-order valence-corrected chi connectivity index (χ4v) is 2.64. The Morgan fingerprint density at radius 2 is 1.89 bits per heavy atom. The third kappa shape index (κ3) is 1.98. The molecule has 2 atom stereocenters. The molecule has 4 heteroatoms. The van der Waals surface area contributed by atoms with Crippen LogP contribution in [0.3, 0.4) is 0 Å². The molecule has 0 aromatic heterocycles. The largest absolute Gasteiger partial charge is 0.445 e. The van der Waals surface area contributed by atoms with E-state index in [9.17, 15) is 9.59 Å². The molecular weight excluding hydrogens is 230 g/mol. The summed E-state index contributed by atoms with van der Waals surface area (Å²) in [5.41, 5.74) is 0.976. The van der Waals surface area contributed by atoms with Crippen LogP contribution < -0.4 is 0 Å². The van der Waals surface area contributed by atoms with E-state index < -0.39 is 0 Å². The molecule has 2 unspecified atom stereocenters. The maximum atomic E-state index is 11.8. The predicted octanol–water partition coefficient (Wildman–Crippen LogP) is 1.84. The van der Waals surface area contributed by atoms with Gasteiger partial charge >= 0.3 is 6.09 Å². The van der Waals surface area contributed by atoms with Gasteiger partial charge in [0.1, 0.15) is 12.4 Å². The molecule has 1 saturated carbocycles. The van der Waals surface area contributed by atoms with Crippen molar-refractivity contribution in [1.82, 2.24) is 4.90 Å². The highest BCUT2D eigenvalue weighted by molar-refractivity contribution is 5.91. The van der Waals surface area contributed by atoms with Gasteiger partial charge in [-0.2, -0.15) is 0 Å². The monoisotopic (exact) mass is 245 g/mol. The van der Waals surface area contributed by atoms with Crippen molar-refractivity contribution in [2.75, 3.05) is 13.1 Å². The number of fused-ring (bicyclic) bond motifs is 2. The minimum atomic E-state index is -0.305. The highest BCUT2D eigenvalue weighted by atomic mass is 16.6. The van der Waals surface area contributed by atoms with Crippen molar-refractivity contribution in [3.8, 4) is 0 Å². The minimum absolute atomic E-state index is 0.0630. The first-order chi connectivity index (χ1) is 8.74. The normalized spacial score (nSPS) is 25.6. The summed E-state index contributed by atoms with van der Waals surface area (Å²) in [4.78, 5) is 24.9. The SMILES string of the molecule is O=C1C2CC1CN(C(=O)OCc1ccccc1)C2. The number of ether oxygens (including phenoxy) is 1. The first kappa shape index (κ1) is 11.3. The Balaban J connectivity index is 1.52. The maximum Gasteiger partial charge on any atom is 0.410 e. The van der Waals surface area contributed by atoms with Gasteiger partial charge in [-0.3, -0.25) is 4.79 Å². The van der Waals surface area contributed by atoms with Gasteiger partial charge in [0, 0.05) is 24.9 Å². The van der Waals surface area contributed by atoms with Crippen molar-refractivity contribution in [2.24, 2.45) is 11.8 Å². The van der Waals surface area contributed by atoms with Gasteiger partial charge in [-0.25, -0.2) is 4.79 Å². The van der Waals surface area contributed by atoms with E-state index in [1.54, 1.807) is 4.90 Å². The van der Waals surface area contributed by atoms with Gasteiger partial charge in [0.2, 0.25) is 0 Å². The second kappa shape index (κ2) is 4.44. The van der Waals surface area contributed by atoms with Gasteiger partial charge < -0.3 is 9.64 Å². The van der Waals surface area contributed by atoms with Gasteiger partial charge in [-0.1, -0.05) is 30.3 Å². The zero-order chi connectivity index (χ0) is 12.5. The fourth-order valence-electron chi connectivity index (χ4n) is 2.64. The van der Waals surface area contributed by atoms with E-state index in [1.807, 2.05) is 30.3 Å². The topological polar surface area (TPSA) is 46.6 Å². The lowest BCUT2D eigenvalue weighted by molar-refractivity contribution is -0.142. The summed E-state index contributed by atoms with van der Waals surface area (Å²) >= 11 is 0. The molecule has 1 aromatic rings. The van der Waals surface area contributed by atoms with E-state index in [-0.39, 0.29) is 17.9 Å². The number of piperidine rings is 2. The van der Waals surface area contributed by atoms with Gasteiger partial charge in [-0.15, -0.1) is 0 Å². The van der Waals surface area contributed by atoms with E-state index in [0.29, 0.717) is 25.5 Å². The van der Waals surface area contributed by atoms with Crippen LogP contribution in [0.4, 0.5) is 4.79 Å². The zero-order valence-corrected chi connectivity index (χ0v) is 10.0. The van der Waals surface area contributed by atoms with Gasteiger partial charge in [0.15, 0.2) is 0 Å². The average molecular weight is 245 g/mol. The summed E-state index contributed by atoms with van der Waals surface area (Å²) in [6.07, 6.45) is 0.641. The van der Waals surface area contributed by atoms with Crippen molar-refractivity contribution in [2.45, 2.75) is 13.0 Å². The van der Waals surface area contributed by atoms with Crippen LogP contribution in [0.15, 0.2) is 30.3 Å². The molecule has 4 rings (SSSR count). The molecule has 1 amide bonds. The van der Waals surface area contributed by atoms with Gasteiger partial charge in [0.05, 0.1) is 0 Å². The Hall–Kier alpha value is -1.84. The summed E-state index contributed by atoms with van der Waals surface area (Å²) < 4.78 is 5.25. The standard InChI is InChI=1S/C14H15NO3/c16-13-11-6-12(13)8-15(7-11)14(17)18-9-10-4-2-1-3-5-10/h1-5,11-12H,6-9H2. The Labute approximate surface area is 106 Å². The summed E-state index contributed by atoms with van der Waals surface area (Å²) in [5.74, 6) is 0.447. The Kier molecular flexibility index (Phi) is 2.78. The molecular formula is C14H15NO3. The molecule has 3 aliphatic rings. The molecule has 3 fully saturated rings. The first-order valence-electron chi connectivity index (χ1n) is 6.23. The van der Waals surface area contributed by atoms with E-state index in [2.05, 4.69) is 0 Å². The number of hydrogen-bond acceptors (Lipinski definition) is 3. The molecule has 18 heavy (non-hydrogen) atoms. The molecule has 1 aliphatic carbocycles. The second-order valence-electron chi connectivity index (χ2n) is 4.98. The molecule has 2 saturated heterocycles. The summed E-state index contributed by atoms with van der Waals surface area (Å²) in [6.45, 7) is 1.35. The third-order valence-electron chi connectivity index (χ3n) is 3.72. The molecule has 94 valence electrons. The number of hydrogen-bond donors (Lipinski definition) is 0. The molecule has 2 heterocycles. The van der Waals surface area contributed by atoms with Crippen LogP contribution in [-0.2, 0) is 16.1 Å². The molecule has 0 radical (unpaired) electrons. The Morgan fingerprint density at radius 3 is 2.50 bits per heavy atom. The quantitative estimate of drug-likeness (QED) is 0.798. The minimum Gasteiger partial charge on any atom is -0.445 e. The highest BCUT2D eigenvalue weighted by Crippen LogP contribution is 2.36. The van der Waals surface area contributed by atoms with E-state index >= 15 is 0 Å². The van der Waals surface area contributed by atoms with Crippen LogP contribution in [0.25, 0.3) is 0 Å². The molecule has 0 spiro atoms. The molecule has 1 aromatic carbocycles. The highest BCUT2D eigenvalue weighted by Gasteiger charge is 2.47. The molecule has 0 N–H and O–H groups in total. The molecule has 2 bridgehead atoms. The van der Waals surface area contributed by atoms with Crippen molar-refractivity contribution in [3.05, 3.63) is 35.9 Å². The van der Waals surface area contributed by atoms with E-state index in [4.69, 9.17) is 4.74 Å². The fraction of sp³-hybridized carbons (Fsp3) is 0.429. The van der Waals surface area contributed by atoms with Crippen LogP contribution in [0.5, 0.6) is 0 Å². The number of carbonyl (C=O) groups excluding carboxylic acids is 2. The molecule has 4 nitrogen and oxygen atoms in total. The Morgan fingerprint density at radius 1 is 1.22 bits per heavy atom. The number of ketones is 1. The third-order valence-corrected chi connectivity index (χ3v) is 3.72. The van der Waals surface area contributed by atoms with Gasteiger partial charge in [-0.05, 0) is 12.0 Å².